The number of thioether (sulfide) groups is 1. The number of ether oxygens (including phenoxy) is 1. The molecule has 6 heteroatoms. The molecule has 1 heterocycles. The fourth-order valence-electron chi connectivity index (χ4n) is 1.29. The van der Waals surface area contributed by atoms with Crippen molar-refractivity contribution in [3.63, 3.8) is 0 Å². The number of carbonyl (C=O) groups is 2. The van der Waals surface area contributed by atoms with Crippen LogP contribution >= 0.6 is 11.8 Å². The van der Waals surface area contributed by atoms with Gasteiger partial charge in [0, 0.05) is 6.21 Å². The van der Waals surface area contributed by atoms with Gasteiger partial charge >= 0.3 is 0 Å². The monoisotopic (exact) mass is 250 g/mol. The topological polar surface area (TPSA) is 67.8 Å². The zero-order chi connectivity index (χ0) is 12.3. The molecule has 1 atom stereocenters. The van der Waals surface area contributed by atoms with Gasteiger partial charge in [0.25, 0.3) is 11.1 Å². The molecule has 1 aliphatic heterocycles. The molecular formula is C11H10N2O3S. The Balaban J connectivity index is 2.04. The van der Waals surface area contributed by atoms with Crippen molar-refractivity contribution in [2.24, 2.45) is 4.99 Å². The van der Waals surface area contributed by atoms with E-state index in [1.165, 1.54) is 0 Å². The number of methoxy groups -OCH3 is 1. The Hall–Kier alpha value is -1.82. The van der Waals surface area contributed by atoms with Crippen LogP contribution < -0.4 is 10.1 Å². The molecule has 0 spiro atoms. The van der Waals surface area contributed by atoms with Crippen LogP contribution in [-0.4, -0.2) is 29.8 Å². The summed E-state index contributed by atoms with van der Waals surface area (Å²) >= 11 is 0.878. The predicted molar refractivity (Wildman–Crippen MR) is 65.5 cm³/mol. The molecule has 2 amide bonds. The number of hydrogen-bond donors (Lipinski definition) is 1. The Morgan fingerprint density at radius 3 is 2.59 bits per heavy atom. The zero-order valence-corrected chi connectivity index (χ0v) is 9.86. The first-order chi connectivity index (χ1) is 8.19. The van der Waals surface area contributed by atoms with Crippen LogP contribution in [0.2, 0.25) is 0 Å². The van der Waals surface area contributed by atoms with E-state index in [0.29, 0.717) is 0 Å². The number of amides is 2. The van der Waals surface area contributed by atoms with Crippen LogP contribution in [0.5, 0.6) is 5.75 Å². The van der Waals surface area contributed by atoms with Gasteiger partial charge in [0.1, 0.15) is 5.75 Å². The number of nitrogens with zero attached hydrogens (tertiary/aromatic N) is 1. The van der Waals surface area contributed by atoms with Gasteiger partial charge in [0.05, 0.1) is 7.11 Å². The van der Waals surface area contributed by atoms with Gasteiger partial charge in [-0.05, 0) is 41.6 Å². The highest BCUT2D eigenvalue weighted by Crippen LogP contribution is 2.20. The molecule has 1 aromatic carbocycles. The fraction of sp³-hybridized carbons (Fsp3) is 0.182. The second-order valence-corrected chi connectivity index (χ2v) is 4.35. The van der Waals surface area contributed by atoms with Crippen LogP contribution in [0, 0.1) is 0 Å². The van der Waals surface area contributed by atoms with Gasteiger partial charge in [-0.15, -0.1) is 0 Å². The van der Waals surface area contributed by atoms with Gasteiger partial charge < -0.3 is 4.74 Å². The summed E-state index contributed by atoms with van der Waals surface area (Å²) in [6.45, 7) is 0. The van der Waals surface area contributed by atoms with Gasteiger partial charge in [0.15, 0.2) is 5.37 Å². The second kappa shape index (κ2) is 5.01. The first-order valence-electron chi connectivity index (χ1n) is 4.88. The molecule has 1 aliphatic rings. The van der Waals surface area contributed by atoms with E-state index in [0.717, 1.165) is 23.1 Å². The van der Waals surface area contributed by atoms with Crippen molar-refractivity contribution >= 4 is 29.1 Å². The van der Waals surface area contributed by atoms with Gasteiger partial charge in [-0.2, -0.15) is 0 Å². The van der Waals surface area contributed by atoms with E-state index < -0.39 is 5.37 Å². The first kappa shape index (κ1) is 11.7. The van der Waals surface area contributed by atoms with Crippen molar-refractivity contribution in [1.29, 1.82) is 0 Å². The lowest BCUT2D eigenvalue weighted by atomic mass is 10.2. The maximum Gasteiger partial charge on any atom is 0.288 e. The summed E-state index contributed by atoms with van der Waals surface area (Å²) < 4.78 is 5.02. The van der Waals surface area contributed by atoms with Crippen LogP contribution in [0.25, 0.3) is 0 Å². The average molecular weight is 250 g/mol. The quantitative estimate of drug-likeness (QED) is 0.824. The minimum Gasteiger partial charge on any atom is -0.497 e. The number of nitrogens with one attached hydrogen (secondary N) is 1. The number of rotatable bonds is 3. The van der Waals surface area contributed by atoms with Crippen LogP contribution in [0.1, 0.15) is 5.56 Å². The third-order valence-corrected chi connectivity index (χ3v) is 3.02. The molecule has 5 nitrogen and oxygen atoms in total. The standard InChI is InChI=1S/C11H10N2O3S/c1-16-8-4-2-7(3-5-8)6-12-10-9(14)13-11(15)17-10/h2-6,10H,1H3,(H,13,14,15). The maximum absolute atomic E-state index is 11.2. The minimum atomic E-state index is -0.676. The van der Waals surface area contributed by atoms with Crippen LogP contribution in [0.4, 0.5) is 4.79 Å². The molecule has 0 saturated carbocycles. The summed E-state index contributed by atoms with van der Waals surface area (Å²) in [4.78, 5) is 26.2. The molecule has 0 aliphatic carbocycles. The number of hydrogen-bond acceptors (Lipinski definition) is 5. The summed E-state index contributed by atoms with van der Waals surface area (Å²) in [6, 6.07) is 7.24. The summed E-state index contributed by atoms with van der Waals surface area (Å²) in [5, 5.41) is 1.14. The van der Waals surface area contributed by atoms with Gasteiger partial charge in [0.2, 0.25) is 0 Å². The van der Waals surface area contributed by atoms with E-state index in [1.54, 1.807) is 25.5 Å². The molecular weight excluding hydrogens is 240 g/mol. The number of aliphatic imine (C=N–C) groups is 1. The van der Waals surface area contributed by atoms with Crippen molar-refractivity contribution in [3.05, 3.63) is 29.8 Å². The Kier molecular flexibility index (Phi) is 3.43. The summed E-state index contributed by atoms with van der Waals surface area (Å²) in [5.74, 6) is 0.384. The fourth-order valence-corrected chi connectivity index (χ4v) is 1.94. The van der Waals surface area contributed by atoms with Gasteiger partial charge in [-0.1, -0.05) is 0 Å². The Labute approximate surface area is 102 Å². The van der Waals surface area contributed by atoms with E-state index in [-0.39, 0.29) is 11.1 Å². The molecule has 0 bridgehead atoms. The molecule has 1 unspecified atom stereocenters. The third kappa shape index (κ3) is 2.85. The Morgan fingerprint density at radius 1 is 1.35 bits per heavy atom. The highest BCUT2D eigenvalue weighted by Gasteiger charge is 2.30. The number of carbonyl (C=O) groups excluding carboxylic acids is 2. The summed E-state index contributed by atoms with van der Waals surface area (Å²) in [7, 11) is 1.59. The van der Waals surface area contributed by atoms with E-state index in [9.17, 15) is 9.59 Å². The number of benzene rings is 1. The molecule has 1 fully saturated rings. The van der Waals surface area contributed by atoms with E-state index in [4.69, 9.17) is 4.74 Å². The lowest BCUT2D eigenvalue weighted by Gasteiger charge is -1.99. The maximum atomic E-state index is 11.2. The minimum absolute atomic E-state index is 0.355. The van der Waals surface area contributed by atoms with Gasteiger partial charge in [-0.3, -0.25) is 19.9 Å². The summed E-state index contributed by atoms with van der Waals surface area (Å²) in [5.41, 5.74) is 0.846. The van der Waals surface area contributed by atoms with Crippen molar-refractivity contribution < 1.29 is 14.3 Å². The lowest BCUT2D eigenvalue weighted by Crippen LogP contribution is -2.23. The molecule has 2 rings (SSSR count). The third-order valence-electron chi connectivity index (χ3n) is 2.14. The second-order valence-electron chi connectivity index (χ2n) is 3.30. The van der Waals surface area contributed by atoms with Crippen LogP contribution in [0.15, 0.2) is 29.3 Å². The SMILES string of the molecule is COc1ccc(C=NC2SC(=O)NC2=O)cc1. The zero-order valence-electron chi connectivity index (χ0n) is 9.04. The molecule has 0 radical (unpaired) electrons. The largest absolute Gasteiger partial charge is 0.497 e. The molecule has 17 heavy (non-hydrogen) atoms. The highest BCUT2D eigenvalue weighted by molar-refractivity contribution is 8.15. The average Bonchev–Trinajstić information content (AvgIpc) is 2.66. The highest BCUT2D eigenvalue weighted by atomic mass is 32.2. The normalized spacial score (nSPS) is 19.7. The molecule has 1 aromatic rings. The Bertz CT molecular complexity index is 470. The van der Waals surface area contributed by atoms with Crippen LogP contribution in [0.3, 0.4) is 0 Å². The molecule has 1 saturated heterocycles. The predicted octanol–water partition coefficient (Wildman–Crippen LogP) is 1.42. The summed E-state index contributed by atoms with van der Waals surface area (Å²) in [6.07, 6.45) is 1.56. The van der Waals surface area contributed by atoms with Crippen molar-refractivity contribution in [2.75, 3.05) is 7.11 Å². The number of imide groups is 1. The van der Waals surface area contributed by atoms with Crippen molar-refractivity contribution in [2.45, 2.75) is 5.37 Å². The van der Waals surface area contributed by atoms with E-state index >= 15 is 0 Å². The van der Waals surface area contributed by atoms with E-state index in [1.807, 2.05) is 12.1 Å². The smallest absolute Gasteiger partial charge is 0.288 e. The molecule has 88 valence electrons. The van der Waals surface area contributed by atoms with Crippen LogP contribution in [-0.2, 0) is 4.79 Å². The van der Waals surface area contributed by atoms with Crippen molar-refractivity contribution in [3.8, 4) is 5.75 Å². The lowest BCUT2D eigenvalue weighted by molar-refractivity contribution is -0.118. The first-order valence-corrected chi connectivity index (χ1v) is 5.76. The Morgan fingerprint density at radius 2 is 2.06 bits per heavy atom. The van der Waals surface area contributed by atoms with Gasteiger partial charge in [-0.25, -0.2) is 0 Å². The molecule has 0 aromatic heterocycles. The van der Waals surface area contributed by atoms with Crippen molar-refractivity contribution in [1.82, 2.24) is 5.32 Å². The molecule has 1 N–H and O–H groups in total. The van der Waals surface area contributed by atoms with E-state index in [2.05, 4.69) is 10.3 Å².